The largest absolute Gasteiger partial charge is 0.369 e. The Morgan fingerprint density at radius 3 is 2.26 bits per heavy atom. The summed E-state index contributed by atoms with van der Waals surface area (Å²) in [5, 5.41) is 3.89. The van der Waals surface area contributed by atoms with Crippen molar-refractivity contribution >= 4 is 40.5 Å². The number of piperazine rings is 1. The number of amides is 1. The highest BCUT2D eigenvalue weighted by Crippen LogP contribution is 2.28. The molecule has 144 valence electrons. The molecule has 0 atom stereocenters. The fraction of sp³-hybridized carbons (Fsp3) is 0.381. The number of benzene rings is 2. The molecule has 27 heavy (non-hydrogen) atoms. The van der Waals surface area contributed by atoms with Crippen LogP contribution in [0.3, 0.4) is 0 Å². The van der Waals surface area contributed by atoms with Crippen LogP contribution in [-0.2, 0) is 4.79 Å². The summed E-state index contributed by atoms with van der Waals surface area (Å²) in [7, 11) is 0. The first-order valence-electron chi connectivity index (χ1n) is 9.13. The fourth-order valence-corrected chi connectivity index (χ4v) is 4.12. The number of anilines is 2. The van der Waals surface area contributed by atoms with Crippen LogP contribution in [0, 0.1) is 20.8 Å². The van der Waals surface area contributed by atoms with E-state index in [1.54, 1.807) is 18.2 Å². The van der Waals surface area contributed by atoms with Crippen molar-refractivity contribution in [2.24, 2.45) is 0 Å². The van der Waals surface area contributed by atoms with Gasteiger partial charge < -0.3 is 10.2 Å². The van der Waals surface area contributed by atoms with E-state index < -0.39 is 0 Å². The van der Waals surface area contributed by atoms with Gasteiger partial charge in [-0.2, -0.15) is 0 Å². The first kappa shape index (κ1) is 20.0. The molecule has 0 spiro atoms. The maximum absolute atomic E-state index is 12.4. The van der Waals surface area contributed by atoms with Crippen LogP contribution in [0.4, 0.5) is 11.4 Å². The summed E-state index contributed by atoms with van der Waals surface area (Å²) in [4.78, 5) is 17.0. The monoisotopic (exact) mass is 405 g/mol. The van der Waals surface area contributed by atoms with Gasteiger partial charge in [-0.15, -0.1) is 0 Å². The lowest BCUT2D eigenvalue weighted by Crippen LogP contribution is -2.49. The van der Waals surface area contributed by atoms with Crippen molar-refractivity contribution in [2.45, 2.75) is 20.8 Å². The molecule has 3 rings (SSSR count). The van der Waals surface area contributed by atoms with Crippen molar-refractivity contribution in [1.82, 2.24) is 4.90 Å². The van der Waals surface area contributed by atoms with E-state index in [1.165, 1.54) is 22.4 Å². The second kappa shape index (κ2) is 8.51. The first-order chi connectivity index (χ1) is 12.8. The Morgan fingerprint density at radius 1 is 1.00 bits per heavy atom. The number of nitrogens with zero attached hydrogens (tertiary/aromatic N) is 2. The highest BCUT2D eigenvalue weighted by atomic mass is 35.5. The normalized spacial score (nSPS) is 15.1. The Bertz CT molecular complexity index is 822. The molecular formula is C21H25Cl2N3O. The van der Waals surface area contributed by atoms with Gasteiger partial charge in [0.1, 0.15) is 0 Å². The van der Waals surface area contributed by atoms with Crippen molar-refractivity contribution in [2.75, 3.05) is 42.9 Å². The van der Waals surface area contributed by atoms with Gasteiger partial charge in [-0.1, -0.05) is 40.9 Å². The Balaban J connectivity index is 1.57. The lowest BCUT2D eigenvalue weighted by atomic mass is 10.0. The average molecular weight is 406 g/mol. The molecule has 0 radical (unpaired) electrons. The summed E-state index contributed by atoms with van der Waals surface area (Å²) in [5.41, 5.74) is 5.81. The summed E-state index contributed by atoms with van der Waals surface area (Å²) in [6, 6.07) is 9.52. The van der Waals surface area contributed by atoms with E-state index in [9.17, 15) is 4.79 Å². The SMILES string of the molecule is Cc1cc(C)c(N2CCN(CC(=O)Nc3cc(Cl)ccc3Cl)CC2)c(C)c1. The van der Waals surface area contributed by atoms with Gasteiger partial charge in [0, 0.05) is 36.9 Å². The second-order valence-electron chi connectivity index (χ2n) is 7.18. The molecule has 1 aliphatic rings. The summed E-state index contributed by atoms with van der Waals surface area (Å²) in [6.45, 7) is 10.3. The molecule has 1 heterocycles. The highest BCUT2D eigenvalue weighted by molar-refractivity contribution is 6.35. The van der Waals surface area contributed by atoms with Crippen LogP contribution in [0.5, 0.6) is 0 Å². The van der Waals surface area contributed by atoms with Crippen molar-refractivity contribution in [3.8, 4) is 0 Å². The number of carbonyl (C=O) groups is 1. The quantitative estimate of drug-likeness (QED) is 0.801. The number of hydrogen-bond acceptors (Lipinski definition) is 3. The molecule has 0 unspecified atom stereocenters. The van der Waals surface area contributed by atoms with Gasteiger partial charge in [-0.3, -0.25) is 9.69 Å². The topological polar surface area (TPSA) is 35.6 Å². The van der Waals surface area contributed by atoms with Crippen LogP contribution < -0.4 is 10.2 Å². The van der Waals surface area contributed by atoms with Crippen molar-refractivity contribution in [3.05, 3.63) is 57.1 Å². The Morgan fingerprint density at radius 2 is 1.63 bits per heavy atom. The van der Waals surface area contributed by atoms with E-state index >= 15 is 0 Å². The molecule has 0 aromatic heterocycles. The van der Waals surface area contributed by atoms with Crippen LogP contribution in [-0.4, -0.2) is 43.5 Å². The predicted octanol–water partition coefficient (Wildman–Crippen LogP) is 4.68. The maximum Gasteiger partial charge on any atom is 0.238 e. The van der Waals surface area contributed by atoms with Gasteiger partial charge in [0.2, 0.25) is 5.91 Å². The number of nitrogens with one attached hydrogen (secondary N) is 1. The summed E-state index contributed by atoms with van der Waals surface area (Å²) < 4.78 is 0. The molecule has 1 N–H and O–H groups in total. The highest BCUT2D eigenvalue weighted by Gasteiger charge is 2.21. The molecule has 1 aliphatic heterocycles. The molecule has 6 heteroatoms. The second-order valence-corrected chi connectivity index (χ2v) is 8.03. The van der Waals surface area contributed by atoms with Crippen LogP contribution in [0.25, 0.3) is 0 Å². The summed E-state index contributed by atoms with van der Waals surface area (Å²) >= 11 is 12.1. The molecule has 1 amide bonds. The molecular weight excluding hydrogens is 381 g/mol. The lowest BCUT2D eigenvalue weighted by molar-refractivity contribution is -0.117. The molecule has 2 aromatic rings. The molecule has 0 bridgehead atoms. The minimum absolute atomic E-state index is 0.0738. The molecule has 1 saturated heterocycles. The van der Waals surface area contributed by atoms with Crippen molar-refractivity contribution in [3.63, 3.8) is 0 Å². The molecule has 4 nitrogen and oxygen atoms in total. The molecule has 1 fully saturated rings. The van der Waals surface area contributed by atoms with Crippen LogP contribution in [0.15, 0.2) is 30.3 Å². The lowest BCUT2D eigenvalue weighted by Gasteiger charge is -2.37. The van der Waals surface area contributed by atoms with Crippen molar-refractivity contribution in [1.29, 1.82) is 0 Å². The Kier molecular flexibility index (Phi) is 6.30. The van der Waals surface area contributed by atoms with Gasteiger partial charge in [-0.25, -0.2) is 0 Å². The van der Waals surface area contributed by atoms with Crippen molar-refractivity contribution < 1.29 is 4.79 Å². The zero-order valence-electron chi connectivity index (χ0n) is 16.0. The fourth-order valence-electron chi connectivity index (χ4n) is 3.79. The zero-order chi connectivity index (χ0) is 19.6. The van der Waals surface area contributed by atoms with E-state index in [-0.39, 0.29) is 5.91 Å². The molecule has 0 saturated carbocycles. The third kappa shape index (κ3) is 4.95. The van der Waals surface area contributed by atoms with E-state index in [1.807, 2.05) is 0 Å². The maximum atomic E-state index is 12.4. The third-order valence-corrected chi connectivity index (χ3v) is 5.46. The average Bonchev–Trinajstić information content (AvgIpc) is 2.59. The number of halogens is 2. The van der Waals surface area contributed by atoms with Gasteiger partial charge >= 0.3 is 0 Å². The van der Waals surface area contributed by atoms with E-state index in [0.717, 1.165) is 26.2 Å². The van der Waals surface area contributed by atoms with Gasteiger partial charge in [-0.05, 0) is 50.1 Å². The smallest absolute Gasteiger partial charge is 0.238 e. The van der Waals surface area contributed by atoms with E-state index in [2.05, 4.69) is 48.0 Å². The first-order valence-corrected chi connectivity index (χ1v) is 9.89. The van der Waals surface area contributed by atoms with Gasteiger partial charge in [0.25, 0.3) is 0 Å². The Hall–Kier alpha value is -1.75. The predicted molar refractivity (Wildman–Crippen MR) is 114 cm³/mol. The minimum Gasteiger partial charge on any atom is -0.369 e. The van der Waals surface area contributed by atoms with Gasteiger partial charge in [0.15, 0.2) is 0 Å². The van der Waals surface area contributed by atoms with Crippen LogP contribution in [0.2, 0.25) is 10.0 Å². The number of aryl methyl sites for hydroxylation is 3. The minimum atomic E-state index is -0.0738. The van der Waals surface area contributed by atoms with E-state index in [4.69, 9.17) is 23.2 Å². The number of carbonyl (C=O) groups excluding carboxylic acids is 1. The standard InChI is InChI=1S/C21H25Cl2N3O/c1-14-10-15(2)21(16(3)11-14)26-8-6-25(7-9-26)13-20(27)24-19-12-17(22)4-5-18(19)23/h4-5,10-12H,6-9,13H2,1-3H3,(H,24,27). The number of rotatable bonds is 4. The summed E-state index contributed by atoms with van der Waals surface area (Å²) in [5.74, 6) is -0.0738. The van der Waals surface area contributed by atoms with Crippen LogP contribution >= 0.6 is 23.2 Å². The summed E-state index contributed by atoms with van der Waals surface area (Å²) in [6.07, 6.45) is 0. The van der Waals surface area contributed by atoms with Gasteiger partial charge in [0.05, 0.1) is 17.3 Å². The molecule has 0 aliphatic carbocycles. The Labute approximate surface area is 171 Å². The number of hydrogen-bond donors (Lipinski definition) is 1. The zero-order valence-corrected chi connectivity index (χ0v) is 17.5. The molecule has 2 aromatic carbocycles. The van der Waals surface area contributed by atoms with Crippen LogP contribution in [0.1, 0.15) is 16.7 Å². The third-order valence-electron chi connectivity index (χ3n) is 4.89. The van der Waals surface area contributed by atoms with E-state index in [0.29, 0.717) is 22.3 Å².